The minimum Gasteiger partial charge on any atom is -0.495 e. The molecule has 2 aromatic carbocycles. The first-order valence-electron chi connectivity index (χ1n) is 10.6. The highest BCUT2D eigenvalue weighted by Crippen LogP contribution is 2.33. The number of imidazole rings is 1. The normalized spacial score (nSPS) is 19.9. The Morgan fingerprint density at radius 2 is 2.06 bits per heavy atom. The lowest BCUT2D eigenvalue weighted by Gasteiger charge is -2.33. The van der Waals surface area contributed by atoms with Crippen LogP contribution in [-0.4, -0.2) is 41.5 Å². The maximum absolute atomic E-state index is 6.31. The summed E-state index contributed by atoms with van der Waals surface area (Å²) in [6, 6.07) is 14.0. The molecule has 8 nitrogen and oxygen atoms in total. The number of aromatic nitrogens is 2. The van der Waals surface area contributed by atoms with Gasteiger partial charge in [-0.3, -0.25) is 0 Å². The first-order chi connectivity index (χ1) is 15.6. The summed E-state index contributed by atoms with van der Waals surface area (Å²) in [6.07, 6.45) is 8.70. The van der Waals surface area contributed by atoms with Crippen molar-refractivity contribution in [1.29, 1.82) is 0 Å². The standard InChI is InChI=1S/C24H26N7O/c1-17-15-30(16-27-17)20-10-8-18(14-22(20)32-2)9-11-23-28-24-26-12-5-13-31(24,29-23)21-7-4-3-6-19(21)25/h3-4,6-11,14-16H,5,12-13,25H2,1-2H3,(H,26,28,29)/q+1/b11-9+. The minimum absolute atomic E-state index is 0.356. The van der Waals surface area contributed by atoms with Gasteiger partial charge < -0.3 is 15.0 Å². The number of guanidine groups is 1. The van der Waals surface area contributed by atoms with Crippen LogP contribution in [0.25, 0.3) is 11.8 Å². The molecule has 1 aromatic heterocycles. The quantitative estimate of drug-likeness (QED) is 0.481. The number of methoxy groups -OCH3 is 1. The van der Waals surface area contributed by atoms with Crippen LogP contribution in [0, 0.1) is 6.92 Å². The lowest BCUT2D eigenvalue weighted by molar-refractivity contribution is 0.360. The van der Waals surface area contributed by atoms with Gasteiger partial charge in [-0.05, 0) is 36.8 Å². The van der Waals surface area contributed by atoms with Crippen LogP contribution in [0.4, 0.5) is 11.4 Å². The van der Waals surface area contributed by atoms with Crippen LogP contribution in [0.5, 0.6) is 5.75 Å². The molecule has 3 N–H and O–H groups in total. The number of rotatable bonds is 5. The maximum atomic E-state index is 6.31. The van der Waals surface area contributed by atoms with Gasteiger partial charge >= 0.3 is 5.96 Å². The molecule has 0 saturated carbocycles. The highest BCUT2D eigenvalue weighted by Gasteiger charge is 2.46. The van der Waals surface area contributed by atoms with E-state index in [-0.39, 0.29) is 0 Å². The summed E-state index contributed by atoms with van der Waals surface area (Å²) >= 11 is 0. The fourth-order valence-corrected chi connectivity index (χ4v) is 4.20. The molecule has 3 heterocycles. The van der Waals surface area contributed by atoms with Crippen LogP contribution in [0.1, 0.15) is 17.7 Å². The third kappa shape index (κ3) is 3.44. The van der Waals surface area contributed by atoms with Gasteiger partial charge in [0.1, 0.15) is 12.3 Å². The van der Waals surface area contributed by atoms with E-state index in [0.717, 1.165) is 65.4 Å². The predicted molar refractivity (Wildman–Crippen MR) is 129 cm³/mol. The molecule has 0 radical (unpaired) electrons. The number of quaternary nitrogens is 1. The monoisotopic (exact) mass is 428 g/mol. The van der Waals surface area contributed by atoms with Gasteiger partial charge in [0.2, 0.25) is 0 Å². The number of amidine groups is 1. The largest absolute Gasteiger partial charge is 0.495 e. The first-order valence-corrected chi connectivity index (χ1v) is 10.6. The Morgan fingerprint density at radius 3 is 2.84 bits per heavy atom. The number of hydrogen-bond donors (Lipinski definition) is 2. The summed E-state index contributed by atoms with van der Waals surface area (Å²) in [5.74, 6) is 2.27. The number of hydrogen-bond acceptors (Lipinski definition) is 6. The molecular weight excluding hydrogens is 402 g/mol. The zero-order chi connectivity index (χ0) is 22.1. The molecule has 0 bridgehead atoms. The van der Waals surface area contributed by atoms with Gasteiger partial charge in [-0.25, -0.2) is 15.4 Å². The van der Waals surface area contributed by atoms with Crippen LogP contribution in [0.2, 0.25) is 0 Å². The van der Waals surface area contributed by atoms with Gasteiger partial charge in [0.05, 0.1) is 37.1 Å². The van der Waals surface area contributed by atoms with E-state index in [1.54, 1.807) is 13.4 Å². The van der Waals surface area contributed by atoms with Crippen molar-refractivity contribution in [2.45, 2.75) is 13.3 Å². The molecule has 3 aromatic rings. The average molecular weight is 429 g/mol. The molecule has 32 heavy (non-hydrogen) atoms. The maximum Gasteiger partial charge on any atom is 0.356 e. The van der Waals surface area contributed by atoms with Crippen molar-refractivity contribution >= 4 is 29.2 Å². The van der Waals surface area contributed by atoms with Crippen LogP contribution in [0.3, 0.4) is 0 Å². The number of ether oxygens (including phenoxy) is 1. The van der Waals surface area contributed by atoms with E-state index >= 15 is 0 Å². The predicted octanol–water partition coefficient (Wildman–Crippen LogP) is 3.47. The number of fused-ring (bicyclic) bond motifs is 1. The summed E-state index contributed by atoms with van der Waals surface area (Å²) in [6.45, 7) is 3.59. The SMILES string of the molecule is COc1cc(/C=C/C2=NC3=NCCC[N+]3(c3ccccc3N)N2)ccc1-n1cnc(C)c1. The van der Waals surface area contributed by atoms with E-state index in [1.165, 1.54) is 0 Å². The zero-order valence-electron chi connectivity index (χ0n) is 18.2. The van der Waals surface area contributed by atoms with Gasteiger partial charge in [0.25, 0.3) is 0 Å². The Hall–Kier alpha value is -3.91. The number of anilines is 1. The summed E-state index contributed by atoms with van der Waals surface area (Å²) in [5, 5.41) is 0. The third-order valence-electron chi connectivity index (χ3n) is 5.75. The number of nitrogens with one attached hydrogen (secondary N) is 1. The Labute approximate surface area is 187 Å². The van der Waals surface area contributed by atoms with E-state index in [1.807, 2.05) is 72.3 Å². The first kappa shape index (κ1) is 20.0. The second-order valence-electron chi connectivity index (χ2n) is 7.92. The Morgan fingerprint density at radius 1 is 1.19 bits per heavy atom. The topological polar surface area (TPSA) is 89.8 Å². The minimum atomic E-state index is 0.356. The van der Waals surface area contributed by atoms with E-state index in [0.29, 0.717) is 4.59 Å². The molecule has 0 amide bonds. The van der Waals surface area contributed by atoms with Crippen molar-refractivity contribution in [2.24, 2.45) is 9.98 Å². The van der Waals surface area contributed by atoms with Crippen LogP contribution in [0.15, 0.2) is 71.0 Å². The zero-order valence-corrected chi connectivity index (χ0v) is 18.2. The second kappa shape index (κ2) is 7.97. The smallest absolute Gasteiger partial charge is 0.356 e. The third-order valence-corrected chi connectivity index (χ3v) is 5.75. The fraction of sp³-hybridized carbons (Fsp3) is 0.208. The molecule has 162 valence electrons. The van der Waals surface area contributed by atoms with Crippen LogP contribution >= 0.6 is 0 Å². The second-order valence-corrected chi connectivity index (χ2v) is 7.92. The fourth-order valence-electron chi connectivity index (χ4n) is 4.20. The Bertz CT molecular complexity index is 1260. The summed E-state index contributed by atoms with van der Waals surface area (Å²) in [7, 11) is 1.67. The average Bonchev–Trinajstić information content (AvgIpc) is 3.41. The van der Waals surface area contributed by atoms with E-state index in [9.17, 15) is 0 Å². The molecule has 0 aliphatic carbocycles. The molecule has 0 fully saturated rings. The number of para-hydroxylation sites is 2. The molecule has 5 rings (SSSR count). The summed E-state index contributed by atoms with van der Waals surface area (Å²) in [4.78, 5) is 13.7. The molecule has 1 unspecified atom stereocenters. The van der Waals surface area contributed by atoms with Crippen molar-refractivity contribution in [3.63, 3.8) is 0 Å². The van der Waals surface area contributed by atoms with Crippen LogP contribution < -0.4 is 20.5 Å². The van der Waals surface area contributed by atoms with Crippen molar-refractivity contribution < 1.29 is 4.74 Å². The lowest BCUT2D eigenvalue weighted by atomic mass is 10.1. The molecule has 0 spiro atoms. The number of aryl methyl sites for hydroxylation is 1. The van der Waals surface area contributed by atoms with E-state index in [2.05, 4.69) is 15.4 Å². The van der Waals surface area contributed by atoms with E-state index < -0.39 is 0 Å². The van der Waals surface area contributed by atoms with Crippen molar-refractivity contribution in [1.82, 2.24) is 19.6 Å². The Balaban J connectivity index is 1.42. The van der Waals surface area contributed by atoms with Crippen LogP contribution in [-0.2, 0) is 0 Å². The molecule has 0 saturated heterocycles. The molecule has 2 aliphatic heterocycles. The van der Waals surface area contributed by atoms with E-state index in [4.69, 9.17) is 15.5 Å². The number of aliphatic imine (C=N–C) groups is 2. The van der Waals surface area contributed by atoms with Crippen molar-refractivity contribution in [3.05, 3.63) is 72.3 Å². The molecule has 1 atom stereocenters. The van der Waals surface area contributed by atoms with Gasteiger partial charge in [-0.1, -0.05) is 24.3 Å². The highest BCUT2D eigenvalue weighted by molar-refractivity contribution is 6.13. The van der Waals surface area contributed by atoms with Crippen molar-refractivity contribution in [2.75, 3.05) is 25.9 Å². The Kier molecular flexibility index (Phi) is 4.99. The highest BCUT2D eigenvalue weighted by atomic mass is 16.5. The molecule has 2 aliphatic rings. The lowest BCUT2D eigenvalue weighted by Crippen LogP contribution is -2.62. The number of nitrogens with zero attached hydrogens (tertiary/aromatic N) is 5. The van der Waals surface area contributed by atoms with Gasteiger partial charge in [-0.15, -0.1) is 4.59 Å². The number of nitrogens with two attached hydrogens (primary N) is 1. The number of nitrogen functional groups attached to an aromatic ring is 1. The summed E-state index contributed by atoms with van der Waals surface area (Å²) < 4.78 is 7.93. The molecule has 8 heteroatoms. The molecular formula is C24H26N7O+. The van der Waals surface area contributed by atoms with Crippen molar-refractivity contribution in [3.8, 4) is 11.4 Å². The summed E-state index contributed by atoms with van der Waals surface area (Å²) in [5.41, 5.74) is 14.5. The van der Waals surface area contributed by atoms with Gasteiger partial charge in [-0.2, -0.15) is 4.99 Å². The number of benzene rings is 2. The van der Waals surface area contributed by atoms with Gasteiger partial charge in [0, 0.05) is 18.7 Å². The van der Waals surface area contributed by atoms with Gasteiger partial charge in [0.15, 0.2) is 11.5 Å².